The SMILES string of the molecule is Cc1cc(N)nc(SCc2nnc(Cl)s2)n1. The number of anilines is 1. The second-order valence-electron chi connectivity index (χ2n) is 2.95. The molecule has 0 aliphatic carbocycles. The summed E-state index contributed by atoms with van der Waals surface area (Å²) in [7, 11) is 0. The van der Waals surface area contributed by atoms with Gasteiger partial charge < -0.3 is 5.73 Å². The number of nitrogens with two attached hydrogens (primary N) is 1. The van der Waals surface area contributed by atoms with E-state index in [1.165, 1.54) is 23.1 Å². The topological polar surface area (TPSA) is 77.6 Å². The molecule has 2 heterocycles. The van der Waals surface area contributed by atoms with Crippen molar-refractivity contribution in [3.63, 3.8) is 0 Å². The van der Waals surface area contributed by atoms with Crippen molar-refractivity contribution in [1.82, 2.24) is 20.2 Å². The molecule has 16 heavy (non-hydrogen) atoms. The third-order valence-electron chi connectivity index (χ3n) is 1.62. The third kappa shape index (κ3) is 3.03. The zero-order valence-electron chi connectivity index (χ0n) is 8.35. The van der Waals surface area contributed by atoms with Crippen LogP contribution in [0.15, 0.2) is 11.2 Å². The number of aromatic nitrogens is 4. The zero-order valence-corrected chi connectivity index (χ0v) is 10.7. The standard InChI is InChI=1S/C8H8ClN5S2/c1-4-2-5(10)12-8(11-4)15-3-6-13-14-7(9)16-6/h2H,3H2,1H3,(H2,10,11,12). The van der Waals surface area contributed by atoms with Crippen molar-refractivity contribution in [2.45, 2.75) is 17.8 Å². The molecule has 84 valence electrons. The second-order valence-corrected chi connectivity index (χ2v) is 5.54. The molecular formula is C8H8ClN5S2. The van der Waals surface area contributed by atoms with Gasteiger partial charge in [0, 0.05) is 11.8 Å². The molecule has 0 atom stereocenters. The highest BCUT2D eigenvalue weighted by Gasteiger charge is 2.05. The molecule has 8 heteroatoms. The Morgan fingerprint density at radius 1 is 1.44 bits per heavy atom. The first-order chi connectivity index (χ1) is 7.63. The molecule has 2 N–H and O–H groups in total. The minimum absolute atomic E-state index is 0.445. The average Bonchev–Trinajstić information content (AvgIpc) is 2.60. The van der Waals surface area contributed by atoms with Crippen molar-refractivity contribution in [1.29, 1.82) is 0 Å². The van der Waals surface area contributed by atoms with Crippen LogP contribution in [0.1, 0.15) is 10.7 Å². The summed E-state index contributed by atoms with van der Waals surface area (Å²) in [5, 5.41) is 9.11. The Balaban J connectivity index is 2.04. The number of thioether (sulfide) groups is 1. The lowest BCUT2D eigenvalue weighted by atomic mass is 10.4. The van der Waals surface area contributed by atoms with Crippen LogP contribution >= 0.6 is 34.7 Å². The van der Waals surface area contributed by atoms with Gasteiger partial charge in [0.25, 0.3) is 0 Å². The van der Waals surface area contributed by atoms with E-state index < -0.39 is 0 Å². The van der Waals surface area contributed by atoms with Crippen molar-refractivity contribution in [2.24, 2.45) is 0 Å². The predicted molar refractivity (Wildman–Crippen MR) is 65.7 cm³/mol. The molecule has 0 spiro atoms. The first-order valence-corrected chi connectivity index (χ1v) is 6.53. The van der Waals surface area contributed by atoms with Gasteiger partial charge in [0.05, 0.1) is 5.75 Å². The van der Waals surface area contributed by atoms with Gasteiger partial charge in [-0.1, -0.05) is 23.1 Å². The number of hydrogen-bond donors (Lipinski definition) is 1. The van der Waals surface area contributed by atoms with Crippen LogP contribution in [-0.4, -0.2) is 20.2 Å². The second kappa shape index (κ2) is 4.94. The van der Waals surface area contributed by atoms with Crippen LogP contribution in [0.2, 0.25) is 4.47 Å². The Labute approximate surface area is 105 Å². The van der Waals surface area contributed by atoms with Crippen molar-refractivity contribution in [2.75, 3.05) is 5.73 Å². The maximum absolute atomic E-state index is 5.68. The number of nitrogen functional groups attached to an aromatic ring is 1. The average molecular weight is 274 g/mol. The molecule has 0 aliphatic heterocycles. The summed E-state index contributed by atoms with van der Waals surface area (Å²) >= 11 is 8.49. The Morgan fingerprint density at radius 3 is 2.88 bits per heavy atom. The van der Waals surface area contributed by atoms with E-state index in [1.54, 1.807) is 6.07 Å². The number of hydrogen-bond acceptors (Lipinski definition) is 7. The quantitative estimate of drug-likeness (QED) is 0.682. The lowest BCUT2D eigenvalue weighted by Crippen LogP contribution is -1.96. The molecular weight excluding hydrogens is 266 g/mol. The lowest BCUT2D eigenvalue weighted by molar-refractivity contribution is 0.938. The largest absolute Gasteiger partial charge is 0.384 e. The van der Waals surface area contributed by atoms with Gasteiger partial charge in [0.2, 0.25) is 4.47 Å². The molecule has 2 aromatic heterocycles. The van der Waals surface area contributed by atoms with Crippen LogP contribution in [0, 0.1) is 6.92 Å². The smallest absolute Gasteiger partial charge is 0.207 e. The Hall–Kier alpha value is -0.920. The van der Waals surface area contributed by atoms with Crippen LogP contribution < -0.4 is 5.73 Å². The van der Waals surface area contributed by atoms with Gasteiger partial charge in [-0.05, 0) is 18.5 Å². The van der Waals surface area contributed by atoms with Gasteiger partial charge >= 0.3 is 0 Å². The van der Waals surface area contributed by atoms with Gasteiger partial charge in [-0.2, -0.15) is 0 Å². The summed E-state index contributed by atoms with van der Waals surface area (Å²) in [4.78, 5) is 8.36. The molecule has 2 aromatic rings. The van der Waals surface area contributed by atoms with Crippen LogP contribution in [0.4, 0.5) is 5.82 Å². The molecule has 0 aromatic carbocycles. The lowest BCUT2D eigenvalue weighted by Gasteiger charge is -2.00. The summed E-state index contributed by atoms with van der Waals surface area (Å²) in [6.07, 6.45) is 0. The van der Waals surface area contributed by atoms with E-state index in [4.69, 9.17) is 17.3 Å². The van der Waals surface area contributed by atoms with E-state index in [1.807, 2.05) is 6.92 Å². The number of rotatable bonds is 3. The van der Waals surface area contributed by atoms with Crippen LogP contribution in [-0.2, 0) is 5.75 Å². The molecule has 0 saturated carbocycles. The van der Waals surface area contributed by atoms with Crippen LogP contribution in [0.5, 0.6) is 0 Å². The van der Waals surface area contributed by atoms with E-state index in [2.05, 4.69) is 20.2 Å². The first kappa shape index (κ1) is 11.6. The van der Waals surface area contributed by atoms with E-state index in [0.29, 0.717) is 21.2 Å². The number of nitrogens with zero attached hydrogens (tertiary/aromatic N) is 4. The monoisotopic (exact) mass is 273 g/mol. The van der Waals surface area contributed by atoms with E-state index in [-0.39, 0.29) is 0 Å². The normalized spacial score (nSPS) is 10.6. The van der Waals surface area contributed by atoms with Gasteiger partial charge in [-0.3, -0.25) is 0 Å². The fraction of sp³-hybridized carbons (Fsp3) is 0.250. The molecule has 0 fully saturated rings. The van der Waals surface area contributed by atoms with Crippen molar-refractivity contribution < 1.29 is 0 Å². The molecule has 0 amide bonds. The maximum atomic E-state index is 5.68. The fourth-order valence-electron chi connectivity index (χ4n) is 1.05. The minimum atomic E-state index is 0.445. The Bertz CT molecular complexity index is 481. The highest BCUT2D eigenvalue weighted by atomic mass is 35.5. The van der Waals surface area contributed by atoms with E-state index in [0.717, 1.165) is 10.7 Å². The number of halogens is 1. The summed E-state index contributed by atoms with van der Waals surface area (Å²) in [6.45, 7) is 1.88. The molecule has 0 unspecified atom stereocenters. The predicted octanol–water partition coefficient (Wildman–Crippen LogP) is 2.16. The molecule has 0 saturated heterocycles. The Kier molecular flexibility index (Phi) is 3.57. The highest BCUT2D eigenvalue weighted by molar-refractivity contribution is 7.98. The van der Waals surface area contributed by atoms with Gasteiger partial charge in [-0.25, -0.2) is 9.97 Å². The zero-order chi connectivity index (χ0) is 11.5. The summed E-state index contributed by atoms with van der Waals surface area (Å²) in [5.74, 6) is 1.12. The van der Waals surface area contributed by atoms with Crippen molar-refractivity contribution in [3.8, 4) is 0 Å². The summed E-state index contributed by atoms with van der Waals surface area (Å²) in [5.41, 5.74) is 6.47. The number of aryl methyl sites for hydroxylation is 1. The summed E-state index contributed by atoms with van der Waals surface area (Å²) in [6, 6.07) is 1.73. The van der Waals surface area contributed by atoms with Crippen molar-refractivity contribution >= 4 is 40.5 Å². The molecule has 0 aliphatic rings. The van der Waals surface area contributed by atoms with Gasteiger partial charge in [0.1, 0.15) is 10.8 Å². The highest BCUT2D eigenvalue weighted by Crippen LogP contribution is 2.23. The fourth-order valence-corrected chi connectivity index (χ4v) is 2.81. The maximum Gasteiger partial charge on any atom is 0.207 e. The van der Waals surface area contributed by atoms with Gasteiger partial charge in [0.15, 0.2) is 5.16 Å². The molecule has 0 radical (unpaired) electrons. The third-order valence-corrected chi connectivity index (χ3v) is 3.68. The van der Waals surface area contributed by atoms with Crippen LogP contribution in [0.3, 0.4) is 0 Å². The van der Waals surface area contributed by atoms with E-state index in [9.17, 15) is 0 Å². The summed E-state index contributed by atoms with van der Waals surface area (Å²) < 4.78 is 0.445. The Morgan fingerprint density at radius 2 is 2.25 bits per heavy atom. The first-order valence-electron chi connectivity index (χ1n) is 4.35. The van der Waals surface area contributed by atoms with Gasteiger partial charge in [-0.15, -0.1) is 10.2 Å². The molecule has 0 bridgehead atoms. The molecule has 5 nitrogen and oxygen atoms in total. The molecule has 2 rings (SSSR count). The van der Waals surface area contributed by atoms with Crippen LogP contribution in [0.25, 0.3) is 0 Å². The minimum Gasteiger partial charge on any atom is -0.384 e. The van der Waals surface area contributed by atoms with Crippen molar-refractivity contribution in [3.05, 3.63) is 21.2 Å². The van der Waals surface area contributed by atoms with E-state index >= 15 is 0 Å².